The summed E-state index contributed by atoms with van der Waals surface area (Å²) in [6, 6.07) is 15.5. The van der Waals surface area contributed by atoms with Crippen LogP contribution in [0.5, 0.6) is 17.2 Å². The molecule has 0 aliphatic carbocycles. The van der Waals surface area contributed by atoms with E-state index >= 15 is 0 Å². The van der Waals surface area contributed by atoms with Crippen molar-refractivity contribution in [1.29, 1.82) is 0 Å². The topological polar surface area (TPSA) is 111 Å². The molecule has 0 spiro atoms. The van der Waals surface area contributed by atoms with Gasteiger partial charge >= 0.3 is 0 Å². The Hall–Kier alpha value is -4.40. The third kappa shape index (κ3) is 6.79. The minimum atomic E-state index is -0.370. The Balaban J connectivity index is 1.61. The maximum absolute atomic E-state index is 12.3. The third-order valence-corrected chi connectivity index (χ3v) is 4.31. The maximum Gasteiger partial charge on any atom is 0.272 e. The number of carbonyl (C=O) groups is 2. The number of benzene rings is 2. The Kier molecular flexibility index (Phi) is 8.35. The lowest BCUT2D eigenvalue weighted by atomic mass is 10.2. The van der Waals surface area contributed by atoms with Crippen molar-refractivity contribution in [2.45, 2.75) is 6.92 Å². The van der Waals surface area contributed by atoms with Crippen LogP contribution in [-0.2, 0) is 4.79 Å². The predicted octanol–water partition coefficient (Wildman–Crippen LogP) is 3.27. The number of para-hydroxylation sites is 2. The number of hydrogen-bond donors (Lipinski definition) is 2. The summed E-state index contributed by atoms with van der Waals surface area (Å²) in [4.78, 5) is 28.2. The van der Waals surface area contributed by atoms with E-state index in [0.29, 0.717) is 40.7 Å². The summed E-state index contributed by atoms with van der Waals surface area (Å²) in [7, 11) is 1.53. The normalized spacial score (nSPS) is 10.5. The molecule has 0 saturated carbocycles. The number of carbonyl (C=O) groups excluding carboxylic acids is 2. The van der Waals surface area contributed by atoms with Crippen LogP contribution in [0.25, 0.3) is 0 Å². The Morgan fingerprint density at radius 2 is 1.88 bits per heavy atom. The molecule has 0 unspecified atom stereocenters. The highest BCUT2D eigenvalue weighted by molar-refractivity contribution is 5.95. The molecular formula is C24H24N4O5. The van der Waals surface area contributed by atoms with Crippen molar-refractivity contribution in [3.63, 3.8) is 0 Å². The van der Waals surface area contributed by atoms with Gasteiger partial charge < -0.3 is 19.5 Å². The minimum Gasteiger partial charge on any atom is -0.495 e. The summed E-state index contributed by atoms with van der Waals surface area (Å²) in [6.07, 6.45) is 4.52. The van der Waals surface area contributed by atoms with Gasteiger partial charge in [0.2, 0.25) is 0 Å². The van der Waals surface area contributed by atoms with Crippen molar-refractivity contribution < 1.29 is 23.8 Å². The number of nitrogens with one attached hydrogen (secondary N) is 2. The summed E-state index contributed by atoms with van der Waals surface area (Å²) < 4.78 is 16.5. The second-order valence-corrected chi connectivity index (χ2v) is 6.62. The number of amides is 2. The highest BCUT2D eigenvalue weighted by Crippen LogP contribution is 2.28. The number of methoxy groups -OCH3 is 1. The van der Waals surface area contributed by atoms with Gasteiger partial charge in [-0.1, -0.05) is 12.1 Å². The third-order valence-electron chi connectivity index (χ3n) is 4.31. The molecule has 0 aliphatic heterocycles. The molecule has 170 valence electrons. The van der Waals surface area contributed by atoms with Crippen LogP contribution in [0.15, 0.2) is 72.1 Å². The van der Waals surface area contributed by atoms with E-state index in [0.717, 1.165) is 0 Å². The van der Waals surface area contributed by atoms with E-state index < -0.39 is 0 Å². The zero-order chi connectivity index (χ0) is 23.5. The maximum atomic E-state index is 12.3. The fourth-order valence-corrected chi connectivity index (χ4v) is 2.80. The lowest BCUT2D eigenvalue weighted by molar-refractivity contribution is -0.118. The highest BCUT2D eigenvalue weighted by atomic mass is 16.5. The first kappa shape index (κ1) is 23.3. The van der Waals surface area contributed by atoms with Crippen LogP contribution >= 0.6 is 0 Å². The van der Waals surface area contributed by atoms with Gasteiger partial charge in [-0.2, -0.15) is 5.10 Å². The van der Waals surface area contributed by atoms with Crippen LogP contribution in [0.4, 0.5) is 5.69 Å². The summed E-state index contributed by atoms with van der Waals surface area (Å²) in [5.74, 6) is 0.699. The Labute approximate surface area is 191 Å². The first-order valence-electron chi connectivity index (χ1n) is 10.2. The number of ether oxygens (including phenoxy) is 3. The van der Waals surface area contributed by atoms with E-state index in [1.165, 1.54) is 19.5 Å². The van der Waals surface area contributed by atoms with E-state index in [2.05, 4.69) is 20.8 Å². The molecule has 1 aromatic heterocycles. The van der Waals surface area contributed by atoms with Crippen LogP contribution in [0.1, 0.15) is 22.8 Å². The zero-order valence-electron chi connectivity index (χ0n) is 18.3. The zero-order valence-corrected chi connectivity index (χ0v) is 18.3. The molecule has 0 fully saturated rings. The number of nitrogens with zero attached hydrogens (tertiary/aromatic N) is 2. The molecule has 2 N–H and O–H groups in total. The number of rotatable bonds is 10. The van der Waals surface area contributed by atoms with Gasteiger partial charge in [-0.15, -0.1) is 0 Å². The number of hydrazone groups is 1. The van der Waals surface area contributed by atoms with Gasteiger partial charge in [0.15, 0.2) is 18.1 Å². The standard InChI is InChI=1S/C24H24N4O5/c1-3-32-22-13-17(14-26-28-24(30)18-7-6-12-25-15-18)10-11-21(22)33-16-23(29)27-19-8-4-5-9-20(19)31-2/h4-15H,3,16H2,1-2H3,(H,27,29)(H,28,30)/b26-14+. The van der Waals surface area contributed by atoms with Crippen molar-refractivity contribution in [3.05, 3.63) is 78.1 Å². The molecule has 0 aliphatic rings. The second-order valence-electron chi connectivity index (χ2n) is 6.62. The minimum absolute atomic E-state index is 0.216. The van der Waals surface area contributed by atoms with Gasteiger partial charge in [0, 0.05) is 12.4 Å². The summed E-state index contributed by atoms with van der Waals surface area (Å²) >= 11 is 0. The predicted molar refractivity (Wildman–Crippen MR) is 124 cm³/mol. The van der Waals surface area contributed by atoms with E-state index in [1.54, 1.807) is 54.7 Å². The molecule has 0 radical (unpaired) electrons. The molecule has 3 aromatic rings. The van der Waals surface area contributed by atoms with E-state index in [9.17, 15) is 9.59 Å². The average Bonchev–Trinajstić information content (AvgIpc) is 2.84. The molecular weight excluding hydrogens is 424 g/mol. The molecule has 33 heavy (non-hydrogen) atoms. The van der Waals surface area contributed by atoms with E-state index in [-0.39, 0.29) is 18.4 Å². The Morgan fingerprint density at radius 1 is 1.03 bits per heavy atom. The summed E-state index contributed by atoms with van der Waals surface area (Å²) in [5, 5.41) is 6.71. The van der Waals surface area contributed by atoms with Crippen molar-refractivity contribution >= 4 is 23.7 Å². The average molecular weight is 448 g/mol. The first-order valence-corrected chi connectivity index (χ1v) is 10.2. The van der Waals surface area contributed by atoms with Gasteiger partial charge in [-0.25, -0.2) is 5.43 Å². The lowest BCUT2D eigenvalue weighted by Crippen LogP contribution is -2.20. The van der Waals surface area contributed by atoms with Gasteiger partial charge in [-0.05, 0) is 55.0 Å². The molecule has 0 saturated heterocycles. The van der Waals surface area contributed by atoms with Crippen LogP contribution in [0, 0.1) is 0 Å². The van der Waals surface area contributed by atoms with Crippen molar-refractivity contribution in [1.82, 2.24) is 10.4 Å². The fraction of sp³-hybridized carbons (Fsp3) is 0.167. The number of pyridine rings is 1. The van der Waals surface area contributed by atoms with Crippen molar-refractivity contribution in [3.8, 4) is 17.2 Å². The second kappa shape index (κ2) is 11.8. The summed E-state index contributed by atoms with van der Waals surface area (Å²) in [5.41, 5.74) is 4.07. The molecule has 1 heterocycles. The lowest BCUT2D eigenvalue weighted by Gasteiger charge is -2.13. The molecule has 2 aromatic carbocycles. The highest BCUT2D eigenvalue weighted by Gasteiger charge is 2.11. The first-order chi connectivity index (χ1) is 16.1. The summed E-state index contributed by atoms with van der Waals surface area (Å²) in [6.45, 7) is 2.03. The number of hydrogen-bond acceptors (Lipinski definition) is 7. The van der Waals surface area contributed by atoms with E-state index in [1.807, 2.05) is 13.0 Å². The van der Waals surface area contributed by atoms with Gasteiger partial charge in [-0.3, -0.25) is 14.6 Å². The van der Waals surface area contributed by atoms with Crippen molar-refractivity contribution in [2.24, 2.45) is 5.10 Å². The van der Waals surface area contributed by atoms with Crippen LogP contribution in [0.2, 0.25) is 0 Å². The fourth-order valence-electron chi connectivity index (χ4n) is 2.80. The molecule has 2 amide bonds. The molecule has 9 nitrogen and oxygen atoms in total. The number of aromatic nitrogens is 1. The SMILES string of the molecule is CCOc1cc(/C=N/NC(=O)c2cccnc2)ccc1OCC(=O)Nc1ccccc1OC. The van der Waals surface area contributed by atoms with Crippen LogP contribution in [0.3, 0.4) is 0 Å². The molecule has 9 heteroatoms. The van der Waals surface area contributed by atoms with Crippen molar-refractivity contribution in [2.75, 3.05) is 25.6 Å². The van der Waals surface area contributed by atoms with Crippen LogP contribution < -0.4 is 25.0 Å². The van der Waals surface area contributed by atoms with Gasteiger partial charge in [0.1, 0.15) is 5.75 Å². The Morgan fingerprint density at radius 3 is 2.64 bits per heavy atom. The van der Waals surface area contributed by atoms with Gasteiger partial charge in [0.25, 0.3) is 11.8 Å². The molecule has 0 atom stereocenters. The number of anilines is 1. The molecule has 0 bridgehead atoms. The Bertz CT molecular complexity index is 1120. The van der Waals surface area contributed by atoms with Gasteiger partial charge in [0.05, 0.1) is 31.2 Å². The van der Waals surface area contributed by atoms with Crippen LogP contribution in [-0.4, -0.2) is 43.3 Å². The molecule has 3 rings (SSSR count). The smallest absolute Gasteiger partial charge is 0.272 e. The van der Waals surface area contributed by atoms with E-state index in [4.69, 9.17) is 14.2 Å². The monoisotopic (exact) mass is 448 g/mol. The quantitative estimate of drug-likeness (QED) is 0.364. The largest absolute Gasteiger partial charge is 0.495 e.